The van der Waals surface area contributed by atoms with Gasteiger partial charge in [0, 0.05) is 37.7 Å². The highest BCUT2D eigenvalue weighted by Crippen LogP contribution is 2.46. The minimum atomic E-state index is 0.277. The molecule has 0 spiro atoms. The average molecular weight is 345 g/mol. The lowest BCUT2D eigenvalue weighted by Crippen LogP contribution is -2.49. The number of aliphatic hydroxyl groups is 1. The van der Waals surface area contributed by atoms with Gasteiger partial charge in [-0.2, -0.15) is 0 Å². The summed E-state index contributed by atoms with van der Waals surface area (Å²) in [5, 5.41) is 13.5. The predicted molar refractivity (Wildman–Crippen MR) is 104 cm³/mol. The van der Waals surface area contributed by atoms with Gasteiger partial charge in [-0.25, -0.2) is 0 Å². The first-order valence-corrected chi connectivity index (χ1v) is 10.0. The lowest BCUT2D eigenvalue weighted by molar-refractivity contribution is 0.0815. The van der Waals surface area contributed by atoms with E-state index < -0.39 is 0 Å². The van der Waals surface area contributed by atoms with Crippen molar-refractivity contribution in [1.29, 1.82) is 0 Å². The molecule has 1 unspecified atom stereocenters. The molecule has 1 heterocycles. The number of rotatable bonds is 6. The number of likely N-dealkylation sites (tertiary alicyclic amines) is 1. The summed E-state index contributed by atoms with van der Waals surface area (Å²) in [6, 6.07) is 11.3. The molecule has 0 radical (unpaired) electrons. The van der Waals surface area contributed by atoms with Crippen LogP contribution in [0.5, 0.6) is 0 Å². The second-order valence-corrected chi connectivity index (χ2v) is 9.34. The van der Waals surface area contributed by atoms with Crippen LogP contribution in [0.25, 0.3) is 0 Å². The lowest BCUT2D eigenvalue weighted by atomic mass is 9.65. The Kier molecular flexibility index (Phi) is 5.87. The van der Waals surface area contributed by atoms with E-state index in [4.69, 9.17) is 0 Å². The maximum absolute atomic E-state index is 9.61. The molecule has 1 aliphatic carbocycles. The molecule has 2 fully saturated rings. The zero-order valence-corrected chi connectivity index (χ0v) is 16.3. The van der Waals surface area contributed by atoms with Gasteiger partial charge in [0.1, 0.15) is 0 Å². The van der Waals surface area contributed by atoms with Gasteiger partial charge < -0.3 is 10.4 Å². The molecule has 2 N–H and O–H groups in total. The molecule has 25 heavy (non-hydrogen) atoms. The van der Waals surface area contributed by atoms with Gasteiger partial charge in [0.05, 0.1) is 0 Å². The molecular formula is C22H36N2O. The molecule has 3 nitrogen and oxygen atoms in total. The van der Waals surface area contributed by atoms with Crippen molar-refractivity contribution in [2.75, 3.05) is 26.2 Å². The van der Waals surface area contributed by atoms with Gasteiger partial charge in [0.25, 0.3) is 0 Å². The second kappa shape index (κ2) is 7.77. The highest BCUT2D eigenvalue weighted by Gasteiger charge is 2.47. The van der Waals surface area contributed by atoms with Crippen LogP contribution >= 0.6 is 0 Å². The van der Waals surface area contributed by atoms with Crippen molar-refractivity contribution < 1.29 is 5.11 Å². The molecule has 3 heteroatoms. The summed E-state index contributed by atoms with van der Waals surface area (Å²) < 4.78 is 0. The Morgan fingerprint density at radius 3 is 2.64 bits per heavy atom. The summed E-state index contributed by atoms with van der Waals surface area (Å²) in [5.41, 5.74) is 2.00. The fraction of sp³-hybridized carbons (Fsp3) is 0.727. The Hall–Kier alpha value is -0.900. The molecule has 140 valence electrons. The summed E-state index contributed by atoms with van der Waals surface area (Å²) >= 11 is 0. The summed E-state index contributed by atoms with van der Waals surface area (Å²) in [5.74, 6) is 0.457. The highest BCUT2D eigenvalue weighted by atomic mass is 16.3. The predicted octanol–water partition coefficient (Wildman–Crippen LogP) is 3.68. The van der Waals surface area contributed by atoms with Gasteiger partial charge in [0.2, 0.25) is 0 Å². The Bertz CT molecular complexity index is 539. The largest absolute Gasteiger partial charge is 0.396 e. The Labute approximate surface area is 153 Å². The van der Waals surface area contributed by atoms with Crippen LogP contribution in [0.4, 0.5) is 0 Å². The Balaban J connectivity index is 1.64. The third-order valence-corrected chi connectivity index (χ3v) is 6.87. The van der Waals surface area contributed by atoms with Crippen LogP contribution in [0.3, 0.4) is 0 Å². The Morgan fingerprint density at radius 1 is 1.20 bits per heavy atom. The minimum Gasteiger partial charge on any atom is -0.396 e. The van der Waals surface area contributed by atoms with Crippen molar-refractivity contribution >= 4 is 0 Å². The van der Waals surface area contributed by atoms with Gasteiger partial charge in [-0.1, -0.05) is 57.5 Å². The summed E-state index contributed by atoms with van der Waals surface area (Å²) in [6.45, 7) is 12.0. The van der Waals surface area contributed by atoms with E-state index in [-0.39, 0.29) is 5.41 Å². The van der Waals surface area contributed by atoms with E-state index in [0.29, 0.717) is 24.0 Å². The van der Waals surface area contributed by atoms with Crippen molar-refractivity contribution in [1.82, 2.24) is 10.2 Å². The quantitative estimate of drug-likeness (QED) is 0.826. The molecule has 0 amide bonds. The van der Waals surface area contributed by atoms with Crippen LogP contribution in [0.1, 0.15) is 52.0 Å². The van der Waals surface area contributed by atoms with Crippen LogP contribution in [0, 0.1) is 16.7 Å². The van der Waals surface area contributed by atoms with E-state index in [1.165, 1.54) is 37.8 Å². The zero-order chi connectivity index (χ0) is 17.9. The molecule has 1 saturated carbocycles. The van der Waals surface area contributed by atoms with Crippen molar-refractivity contribution in [3.05, 3.63) is 35.9 Å². The van der Waals surface area contributed by atoms with Crippen molar-refractivity contribution in [3.8, 4) is 0 Å². The summed E-state index contributed by atoms with van der Waals surface area (Å²) in [6.07, 6.45) is 4.91. The van der Waals surface area contributed by atoms with Gasteiger partial charge in [-0.3, -0.25) is 4.90 Å². The first-order chi connectivity index (χ1) is 11.9. The van der Waals surface area contributed by atoms with Gasteiger partial charge in [0.15, 0.2) is 0 Å². The normalized spacial score (nSPS) is 30.9. The SMILES string of the molecule is CC(C)(C)C1(CN[C@@H]2CCC[C@H]2CO)CCN(Cc2ccccc2)C1. The molecular weight excluding hydrogens is 308 g/mol. The standard InChI is InChI=1S/C22H36N2O/c1-21(2,3)22(16-23-20-11-7-10-19(20)15-25)12-13-24(17-22)14-18-8-5-4-6-9-18/h4-6,8-9,19-20,23,25H,7,10-17H2,1-3H3/t19-,20+,22?/m0/s1. The van der Waals surface area contributed by atoms with Gasteiger partial charge in [-0.05, 0) is 42.7 Å². The van der Waals surface area contributed by atoms with E-state index >= 15 is 0 Å². The fourth-order valence-corrected chi connectivity index (χ4v) is 4.81. The van der Waals surface area contributed by atoms with E-state index in [0.717, 1.165) is 19.6 Å². The molecule has 3 rings (SSSR count). The maximum Gasteiger partial charge on any atom is 0.0474 e. The zero-order valence-electron chi connectivity index (χ0n) is 16.3. The van der Waals surface area contributed by atoms with Crippen molar-refractivity contribution in [3.63, 3.8) is 0 Å². The van der Waals surface area contributed by atoms with Gasteiger partial charge >= 0.3 is 0 Å². The third-order valence-electron chi connectivity index (χ3n) is 6.87. The van der Waals surface area contributed by atoms with E-state index in [1.54, 1.807) is 0 Å². The molecule has 2 aliphatic rings. The van der Waals surface area contributed by atoms with E-state index in [9.17, 15) is 5.11 Å². The highest BCUT2D eigenvalue weighted by molar-refractivity contribution is 5.15. The molecule has 1 saturated heterocycles. The van der Waals surface area contributed by atoms with Crippen LogP contribution < -0.4 is 5.32 Å². The number of nitrogens with one attached hydrogen (secondary N) is 1. The van der Waals surface area contributed by atoms with Crippen LogP contribution in [-0.2, 0) is 6.54 Å². The van der Waals surface area contributed by atoms with Crippen LogP contribution in [0.2, 0.25) is 0 Å². The van der Waals surface area contributed by atoms with E-state index in [2.05, 4.69) is 61.3 Å². The number of benzene rings is 1. The summed E-state index contributed by atoms with van der Waals surface area (Å²) in [7, 11) is 0. The number of nitrogens with zero attached hydrogens (tertiary/aromatic N) is 1. The molecule has 3 atom stereocenters. The lowest BCUT2D eigenvalue weighted by Gasteiger charge is -2.43. The van der Waals surface area contributed by atoms with Gasteiger partial charge in [-0.15, -0.1) is 0 Å². The first-order valence-electron chi connectivity index (χ1n) is 10.0. The van der Waals surface area contributed by atoms with Crippen LogP contribution in [-0.4, -0.2) is 42.3 Å². The molecule has 0 bridgehead atoms. The number of hydrogen-bond donors (Lipinski definition) is 2. The third kappa shape index (κ3) is 4.27. The first kappa shape index (κ1) is 18.9. The number of hydrogen-bond acceptors (Lipinski definition) is 3. The van der Waals surface area contributed by atoms with Crippen molar-refractivity contribution in [2.45, 2.75) is 59.0 Å². The Morgan fingerprint density at radius 2 is 1.96 bits per heavy atom. The molecule has 0 aromatic heterocycles. The number of aliphatic hydroxyl groups excluding tert-OH is 1. The smallest absolute Gasteiger partial charge is 0.0474 e. The molecule has 1 aromatic rings. The minimum absolute atomic E-state index is 0.277. The van der Waals surface area contributed by atoms with Crippen molar-refractivity contribution in [2.24, 2.45) is 16.7 Å². The topological polar surface area (TPSA) is 35.5 Å². The second-order valence-electron chi connectivity index (χ2n) is 9.34. The average Bonchev–Trinajstić information content (AvgIpc) is 3.20. The summed E-state index contributed by atoms with van der Waals surface area (Å²) in [4.78, 5) is 2.63. The fourth-order valence-electron chi connectivity index (χ4n) is 4.81. The monoisotopic (exact) mass is 344 g/mol. The van der Waals surface area contributed by atoms with Crippen LogP contribution in [0.15, 0.2) is 30.3 Å². The molecule has 1 aromatic carbocycles. The molecule has 1 aliphatic heterocycles. The maximum atomic E-state index is 9.61. The van der Waals surface area contributed by atoms with E-state index in [1.807, 2.05) is 0 Å².